The van der Waals surface area contributed by atoms with Crippen molar-refractivity contribution in [2.75, 3.05) is 27.7 Å². The number of hydrogen-bond donors (Lipinski definition) is 5. The van der Waals surface area contributed by atoms with Crippen LogP contribution in [0.5, 0.6) is 0 Å². The van der Waals surface area contributed by atoms with Gasteiger partial charge >= 0.3 is 5.97 Å². The largest absolute Gasteiger partial charge is 0.459 e. The highest BCUT2D eigenvalue weighted by atomic mass is 16.8. The lowest BCUT2D eigenvalue weighted by atomic mass is 9.73. The Kier molecular flexibility index (Phi) is 18.4. The maximum absolute atomic E-state index is 14.7. The van der Waals surface area contributed by atoms with E-state index in [9.17, 15) is 25.6 Å². The van der Waals surface area contributed by atoms with Crippen LogP contribution in [-0.4, -0.2) is 169 Å². The summed E-state index contributed by atoms with van der Waals surface area (Å²) in [6.07, 6.45) is -6.48. The average molecular weight is 934 g/mol. The molecule has 0 radical (unpaired) electrons. The van der Waals surface area contributed by atoms with Crippen molar-refractivity contribution in [1.29, 1.82) is 2.86 Å². The smallest absolute Gasteiger partial charge is 0.311 e. The van der Waals surface area contributed by atoms with Crippen molar-refractivity contribution >= 4 is 11.7 Å². The molecule has 4 aliphatic rings. The molecule has 1 aliphatic carbocycles. The molecule has 0 bridgehead atoms. The number of hydrogen-bond acceptors (Lipinski definition) is 17. The lowest BCUT2D eigenvalue weighted by Crippen LogP contribution is -2.61. The van der Waals surface area contributed by atoms with Crippen LogP contribution in [0.25, 0.3) is 10.4 Å². The Morgan fingerprint density at radius 2 is 1.65 bits per heavy atom. The molecule has 0 aromatic carbocycles. The molecule has 1 saturated carbocycles. The summed E-state index contributed by atoms with van der Waals surface area (Å²) in [4.78, 5) is 26.0. The van der Waals surface area contributed by atoms with Crippen LogP contribution in [-0.2, 0) is 42.8 Å². The standard InChI is InChI=1S/C46H83N5O14/c1-25(2)64-46(19-16-15-17-20-46)65-49-35-26(3)23-43(9,56)40(63-42-36(52)32(51(12)13)22-27(4)59-42)29(6)37(62-34-24-44(10,58-14)39(54)31(8)60-34)30(7)41(55)61-33(18-21-48-50-47)45(11,57)38(53)28(35)5/h25-34,36-40,42,52-54,56-57H,15-24H2,1-14H3/b49-35+/t26-,27?,28+,29+,30-,31?,32?,33-,34?,36?,37+,38-,39?,40-,42?,43-,44?,45-/m1/s1/i52T,54T. The molecule has 19 nitrogen and oxygen atoms in total. The Morgan fingerprint density at radius 3 is 2.23 bits per heavy atom. The molecule has 3 heterocycles. The Hall–Kier alpha value is -2.23. The summed E-state index contributed by atoms with van der Waals surface area (Å²) < 4.78 is 60.9. The molecule has 0 spiro atoms. The first-order valence-electron chi connectivity index (χ1n) is 24.5. The van der Waals surface area contributed by atoms with Crippen LogP contribution in [0.1, 0.15) is 134 Å². The molecule has 3 saturated heterocycles. The zero-order valence-electron chi connectivity index (χ0n) is 43.4. The third kappa shape index (κ3) is 13.3. The Bertz CT molecular complexity index is 1650. The van der Waals surface area contributed by atoms with Crippen molar-refractivity contribution in [3.63, 3.8) is 0 Å². The number of esters is 1. The lowest BCUT2D eigenvalue weighted by molar-refractivity contribution is -0.318. The molecule has 65 heavy (non-hydrogen) atoms. The third-order valence-electron chi connectivity index (χ3n) is 14.4. The summed E-state index contributed by atoms with van der Waals surface area (Å²) >= 11 is 0. The first-order chi connectivity index (χ1) is 31.3. The van der Waals surface area contributed by atoms with Crippen LogP contribution in [0.15, 0.2) is 10.3 Å². The number of cyclic esters (lactones) is 1. The molecule has 5 N–H and O–H groups in total. The van der Waals surface area contributed by atoms with E-state index in [2.05, 4.69) is 10.0 Å². The predicted octanol–water partition coefficient (Wildman–Crippen LogP) is 4.96. The molecule has 0 amide bonds. The highest BCUT2D eigenvalue weighted by Gasteiger charge is 2.54. The lowest BCUT2D eigenvalue weighted by Gasteiger charge is -2.49. The average Bonchev–Trinajstić information content (AvgIpc) is 3.25. The van der Waals surface area contributed by atoms with Gasteiger partial charge < -0.3 is 68.4 Å². The minimum absolute atomic E-state index is 0.0687. The maximum Gasteiger partial charge on any atom is 0.311 e. The zero-order chi connectivity index (χ0) is 50.2. The Balaban J connectivity index is 1.96. The number of aliphatic hydroxyl groups excluding tert-OH is 3. The van der Waals surface area contributed by atoms with E-state index in [0.717, 1.165) is 19.3 Å². The zero-order valence-corrected chi connectivity index (χ0v) is 41.4. The highest BCUT2D eigenvalue weighted by Crippen LogP contribution is 2.42. The Morgan fingerprint density at radius 1 is 0.969 bits per heavy atom. The van der Waals surface area contributed by atoms with Crippen molar-refractivity contribution in [3.8, 4) is 0 Å². The van der Waals surface area contributed by atoms with Gasteiger partial charge in [-0.05, 0) is 107 Å². The van der Waals surface area contributed by atoms with Crippen LogP contribution in [0.3, 0.4) is 0 Å². The maximum atomic E-state index is 14.7. The number of carbonyl (C=O) groups is 1. The van der Waals surface area contributed by atoms with E-state index >= 15 is 0 Å². The number of rotatable bonds is 15. The minimum atomic E-state index is -2.16. The van der Waals surface area contributed by atoms with E-state index in [4.69, 9.17) is 56.2 Å². The van der Waals surface area contributed by atoms with Crippen LogP contribution in [0.2, 0.25) is 0 Å². The van der Waals surface area contributed by atoms with Gasteiger partial charge in [0, 0.05) is 61.6 Å². The van der Waals surface area contributed by atoms with Gasteiger partial charge in [-0.3, -0.25) is 4.79 Å². The number of oxime groups is 1. The number of likely N-dealkylation sites (N-methyl/N-ethyl adjacent to an activating group) is 1. The second-order valence-corrected chi connectivity index (χ2v) is 20.6. The second kappa shape index (κ2) is 22.9. The summed E-state index contributed by atoms with van der Waals surface area (Å²) in [6.45, 7) is 18.9. The molecule has 376 valence electrons. The van der Waals surface area contributed by atoms with E-state index in [1.807, 2.05) is 46.7 Å². The third-order valence-corrected chi connectivity index (χ3v) is 14.4. The van der Waals surface area contributed by atoms with Gasteiger partial charge in [0.15, 0.2) is 12.6 Å². The minimum Gasteiger partial charge on any atom is -0.459 e. The van der Waals surface area contributed by atoms with Crippen LogP contribution < -0.4 is 0 Å². The number of methoxy groups -OCH3 is 1. The number of ether oxygens (including phenoxy) is 7. The normalized spacial score (nSPS) is 44.7. The summed E-state index contributed by atoms with van der Waals surface area (Å²) in [7, 11) is 5.25. The van der Waals surface area contributed by atoms with E-state index < -0.39 is 108 Å². The fourth-order valence-corrected chi connectivity index (χ4v) is 10.5. The molecular formula is C46H83N5O14. The number of azide groups is 1. The molecule has 19 heteroatoms. The molecule has 4 fully saturated rings. The Labute approximate surface area is 389 Å². The van der Waals surface area contributed by atoms with Crippen LogP contribution in [0.4, 0.5) is 0 Å². The fourth-order valence-electron chi connectivity index (χ4n) is 10.5. The number of carbonyl (C=O) groups excluding carboxylic acids is 1. The highest BCUT2D eigenvalue weighted by molar-refractivity contribution is 5.88. The molecule has 0 aromatic rings. The number of aliphatic hydroxyl groups is 5. The monoisotopic (exact) mass is 934 g/mol. The quantitative estimate of drug-likeness (QED) is 0.0363. The molecular weight excluding hydrogens is 847 g/mol. The van der Waals surface area contributed by atoms with Crippen LogP contribution in [0, 0.1) is 23.7 Å². The molecule has 0 aromatic heterocycles. The van der Waals surface area contributed by atoms with Crippen molar-refractivity contribution in [1.82, 2.24) is 4.90 Å². The van der Waals surface area contributed by atoms with Crippen molar-refractivity contribution in [3.05, 3.63) is 10.4 Å². The number of nitrogens with zero attached hydrogens (tertiary/aromatic N) is 5. The topological polar surface area (TPSA) is 256 Å². The van der Waals surface area contributed by atoms with Gasteiger partial charge in [-0.25, -0.2) is 0 Å². The van der Waals surface area contributed by atoms with E-state index in [0.29, 0.717) is 19.3 Å². The van der Waals surface area contributed by atoms with Gasteiger partial charge in [0.05, 0.1) is 59.5 Å². The van der Waals surface area contributed by atoms with Gasteiger partial charge in [-0.2, -0.15) is 0 Å². The van der Waals surface area contributed by atoms with Crippen molar-refractivity contribution in [2.45, 2.75) is 230 Å². The summed E-state index contributed by atoms with van der Waals surface area (Å²) in [5, 5.41) is 56.6. The molecule has 18 atom stereocenters. The summed E-state index contributed by atoms with van der Waals surface area (Å²) in [5.74, 6) is -5.66. The van der Waals surface area contributed by atoms with Gasteiger partial charge in [-0.1, -0.05) is 37.5 Å². The first kappa shape index (κ1) is 52.1. The molecule has 8 unspecified atom stereocenters. The van der Waals surface area contributed by atoms with Gasteiger partial charge in [0.2, 0.25) is 8.65 Å². The second-order valence-electron chi connectivity index (χ2n) is 20.6. The van der Waals surface area contributed by atoms with Gasteiger partial charge in [-0.15, -0.1) is 0 Å². The van der Waals surface area contributed by atoms with Crippen molar-refractivity contribution in [2.24, 2.45) is 33.9 Å². The summed E-state index contributed by atoms with van der Waals surface area (Å²) in [6, 6.07) is -0.311. The fraction of sp³-hybridized carbons (Fsp3) is 0.957. The SMILES string of the molecule is [3H]OC1C(O[C@@H]2[C@@H](C)[C@H](OC3CC(C)(OC)C(O[3H])C(C)O3)[C@@H](C)C(=O)O[C@H](CCN=[N+]=[N-])[C@@](C)(O)[C@H](O)[C@@H](C)/C(=N/OC3(OC(C)C)CCCCC3)[C@H](C)C[C@@]2(C)O)OC(C)CC1N(C)C. The summed E-state index contributed by atoms with van der Waals surface area (Å²) in [5.41, 5.74) is 4.45. The van der Waals surface area contributed by atoms with Gasteiger partial charge in [0.1, 0.15) is 23.9 Å². The first-order valence-corrected chi connectivity index (χ1v) is 23.7. The van der Waals surface area contributed by atoms with E-state index in [1.54, 1.807) is 41.5 Å². The predicted molar refractivity (Wildman–Crippen MR) is 240 cm³/mol. The van der Waals surface area contributed by atoms with Crippen LogP contribution >= 0.6 is 0 Å². The van der Waals surface area contributed by atoms with Crippen molar-refractivity contribution < 1.29 is 68.3 Å². The molecule has 3 aliphatic heterocycles. The van der Waals surface area contributed by atoms with E-state index in [1.165, 1.54) is 14.0 Å². The van der Waals surface area contributed by atoms with E-state index in [-0.39, 0.29) is 49.8 Å². The van der Waals surface area contributed by atoms with Gasteiger partial charge in [0.25, 0.3) is 0 Å². The molecule has 4 rings (SSSR count).